The zero-order valence-corrected chi connectivity index (χ0v) is 9.25. The summed E-state index contributed by atoms with van der Waals surface area (Å²) in [4.78, 5) is 8.35. The van der Waals surface area contributed by atoms with Crippen LogP contribution in [0.4, 0.5) is 0 Å². The molecule has 0 radical (unpaired) electrons. The van der Waals surface area contributed by atoms with E-state index in [9.17, 15) is 0 Å². The number of hydrogen-bond donors (Lipinski definition) is 0. The van der Waals surface area contributed by atoms with Crippen molar-refractivity contribution < 1.29 is 4.74 Å². The van der Waals surface area contributed by atoms with Gasteiger partial charge in [-0.2, -0.15) is 0 Å². The van der Waals surface area contributed by atoms with Crippen LogP contribution in [-0.2, 0) is 11.2 Å². The van der Waals surface area contributed by atoms with Gasteiger partial charge in [-0.15, -0.1) is 0 Å². The summed E-state index contributed by atoms with van der Waals surface area (Å²) >= 11 is 3.29. The molecule has 0 unspecified atom stereocenters. The van der Waals surface area contributed by atoms with Crippen molar-refractivity contribution in [3.05, 3.63) is 22.7 Å². The Balaban J connectivity index is 2.25. The maximum absolute atomic E-state index is 4.95. The van der Waals surface area contributed by atoms with Gasteiger partial charge in [0.15, 0.2) is 0 Å². The SMILES string of the molecule is COCCCCc1ncc(Br)cn1. The van der Waals surface area contributed by atoms with Crippen LogP contribution in [0, 0.1) is 0 Å². The van der Waals surface area contributed by atoms with Gasteiger partial charge in [0.25, 0.3) is 0 Å². The summed E-state index contributed by atoms with van der Waals surface area (Å²) in [6.45, 7) is 0.816. The molecule has 0 bridgehead atoms. The van der Waals surface area contributed by atoms with Crippen LogP contribution in [0.2, 0.25) is 0 Å². The first kappa shape index (κ1) is 10.6. The summed E-state index contributed by atoms with van der Waals surface area (Å²) in [7, 11) is 1.72. The van der Waals surface area contributed by atoms with Crippen LogP contribution in [0.5, 0.6) is 0 Å². The van der Waals surface area contributed by atoms with E-state index in [0.29, 0.717) is 0 Å². The highest BCUT2D eigenvalue weighted by molar-refractivity contribution is 9.10. The molecule has 0 saturated carbocycles. The van der Waals surface area contributed by atoms with Crippen molar-refractivity contribution in [3.8, 4) is 0 Å². The van der Waals surface area contributed by atoms with Gasteiger partial charge in [0.1, 0.15) is 5.82 Å². The molecule has 3 nitrogen and oxygen atoms in total. The summed E-state index contributed by atoms with van der Waals surface area (Å²) in [5.74, 6) is 0.902. The van der Waals surface area contributed by atoms with Crippen LogP contribution in [-0.4, -0.2) is 23.7 Å². The number of aromatic nitrogens is 2. The molecule has 0 aliphatic carbocycles. The Kier molecular flexibility index (Phi) is 4.93. The van der Waals surface area contributed by atoms with Crippen molar-refractivity contribution in [2.45, 2.75) is 19.3 Å². The van der Waals surface area contributed by atoms with Crippen molar-refractivity contribution in [3.63, 3.8) is 0 Å². The molecule has 1 heterocycles. The smallest absolute Gasteiger partial charge is 0.128 e. The Labute approximate surface area is 86.7 Å². The first-order valence-corrected chi connectivity index (χ1v) is 5.07. The quantitative estimate of drug-likeness (QED) is 0.746. The van der Waals surface area contributed by atoms with Gasteiger partial charge in [0.05, 0.1) is 4.47 Å². The van der Waals surface area contributed by atoms with Crippen molar-refractivity contribution in [2.75, 3.05) is 13.7 Å². The molecule has 1 aromatic rings. The van der Waals surface area contributed by atoms with Gasteiger partial charge in [-0.25, -0.2) is 9.97 Å². The van der Waals surface area contributed by atoms with Crippen LogP contribution in [0.25, 0.3) is 0 Å². The minimum atomic E-state index is 0.816. The van der Waals surface area contributed by atoms with E-state index in [1.54, 1.807) is 19.5 Å². The third-order valence-electron chi connectivity index (χ3n) is 1.67. The Morgan fingerprint density at radius 1 is 1.31 bits per heavy atom. The molecule has 0 aliphatic rings. The molecular weight excluding hydrogens is 232 g/mol. The van der Waals surface area contributed by atoms with Crippen LogP contribution in [0.3, 0.4) is 0 Å². The van der Waals surface area contributed by atoms with Crippen LogP contribution >= 0.6 is 15.9 Å². The second kappa shape index (κ2) is 6.05. The highest BCUT2D eigenvalue weighted by atomic mass is 79.9. The van der Waals surface area contributed by atoms with Crippen molar-refractivity contribution in [2.24, 2.45) is 0 Å². The van der Waals surface area contributed by atoms with Gasteiger partial charge in [-0.3, -0.25) is 0 Å². The zero-order chi connectivity index (χ0) is 9.52. The molecule has 0 spiro atoms. The minimum absolute atomic E-state index is 0.816. The third-order valence-corrected chi connectivity index (χ3v) is 2.08. The second-order valence-electron chi connectivity index (χ2n) is 2.77. The Bertz CT molecular complexity index is 238. The van der Waals surface area contributed by atoms with Crippen LogP contribution < -0.4 is 0 Å². The molecule has 13 heavy (non-hydrogen) atoms. The van der Waals surface area contributed by atoms with Crippen molar-refractivity contribution >= 4 is 15.9 Å². The molecule has 4 heteroatoms. The predicted molar refractivity (Wildman–Crippen MR) is 54.5 cm³/mol. The number of aryl methyl sites for hydroxylation is 1. The van der Waals surface area contributed by atoms with E-state index >= 15 is 0 Å². The molecule has 0 aliphatic heterocycles. The summed E-state index contributed by atoms with van der Waals surface area (Å²) < 4.78 is 5.87. The van der Waals surface area contributed by atoms with E-state index in [-0.39, 0.29) is 0 Å². The first-order chi connectivity index (χ1) is 6.33. The van der Waals surface area contributed by atoms with Gasteiger partial charge < -0.3 is 4.74 Å². The molecular formula is C9H13BrN2O. The Morgan fingerprint density at radius 2 is 2.00 bits per heavy atom. The lowest BCUT2D eigenvalue weighted by Crippen LogP contribution is -1.96. The second-order valence-corrected chi connectivity index (χ2v) is 3.68. The highest BCUT2D eigenvalue weighted by Crippen LogP contribution is 2.06. The molecule has 0 atom stereocenters. The summed E-state index contributed by atoms with van der Waals surface area (Å²) in [5, 5.41) is 0. The average molecular weight is 245 g/mol. The molecule has 0 N–H and O–H groups in total. The fourth-order valence-corrected chi connectivity index (χ4v) is 1.20. The van der Waals surface area contributed by atoms with E-state index in [2.05, 4.69) is 25.9 Å². The normalized spacial score (nSPS) is 10.3. The number of unbranched alkanes of at least 4 members (excludes halogenated alkanes) is 1. The third kappa shape index (κ3) is 4.33. The number of nitrogens with zero attached hydrogens (tertiary/aromatic N) is 2. The standard InChI is InChI=1S/C9H13BrN2O/c1-13-5-3-2-4-9-11-6-8(10)7-12-9/h6-7H,2-5H2,1H3. The van der Waals surface area contributed by atoms with Crippen molar-refractivity contribution in [1.82, 2.24) is 9.97 Å². The lowest BCUT2D eigenvalue weighted by Gasteiger charge is -1.99. The number of halogens is 1. The Hall–Kier alpha value is -0.480. The molecule has 1 aromatic heterocycles. The molecule has 0 aromatic carbocycles. The van der Waals surface area contributed by atoms with E-state index in [4.69, 9.17) is 4.74 Å². The van der Waals surface area contributed by atoms with Crippen molar-refractivity contribution in [1.29, 1.82) is 0 Å². The lowest BCUT2D eigenvalue weighted by molar-refractivity contribution is 0.193. The zero-order valence-electron chi connectivity index (χ0n) is 7.66. The number of methoxy groups -OCH3 is 1. The summed E-state index contributed by atoms with van der Waals surface area (Å²) in [6, 6.07) is 0. The Morgan fingerprint density at radius 3 is 2.62 bits per heavy atom. The van der Waals surface area contributed by atoms with E-state index in [1.807, 2.05) is 0 Å². The maximum Gasteiger partial charge on any atom is 0.128 e. The first-order valence-electron chi connectivity index (χ1n) is 4.28. The molecule has 1 rings (SSSR count). The van der Waals surface area contributed by atoms with Gasteiger partial charge in [0, 0.05) is 32.5 Å². The fourth-order valence-electron chi connectivity index (χ4n) is 0.998. The lowest BCUT2D eigenvalue weighted by atomic mass is 10.2. The van der Waals surface area contributed by atoms with E-state index < -0.39 is 0 Å². The maximum atomic E-state index is 4.95. The monoisotopic (exact) mass is 244 g/mol. The number of hydrogen-bond acceptors (Lipinski definition) is 3. The summed E-state index contributed by atoms with van der Waals surface area (Å²) in [6.07, 6.45) is 6.62. The van der Waals surface area contributed by atoms with Crippen LogP contribution in [0.15, 0.2) is 16.9 Å². The highest BCUT2D eigenvalue weighted by Gasteiger charge is 1.95. The van der Waals surface area contributed by atoms with E-state index in [0.717, 1.165) is 36.2 Å². The number of ether oxygens (including phenoxy) is 1. The van der Waals surface area contributed by atoms with Gasteiger partial charge >= 0.3 is 0 Å². The van der Waals surface area contributed by atoms with Gasteiger partial charge in [0.2, 0.25) is 0 Å². The molecule has 0 saturated heterocycles. The average Bonchev–Trinajstić information content (AvgIpc) is 2.15. The minimum Gasteiger partial charge on any atom is -0.385 e. The molecule has 0 fully saturated rings. The molecule has 72 valence electrons. The van der Waals surface area contributed by atoms with E-state index in [1.165, 1.54) is 0 Å². The fraction of sp³-hybridized carbons (Fsp3) is 0.556. The predicted octanol–water partition coefficient (Wildman–Crippen LogP) is 2.21. The summed E-state index contributed by atoms with van der Waals surface area (Å²) in [5.41, 5.74) is 0. The largest absolute Gasteiger partial charge is 0.385 e. The van der Waals surface area contributed by atoms with Gasteiger partial charge in [-0.1, -0.05) is 0 Å². The van der Waals surface area contributed by atoms with Gasteiger partial charge in [-0.05, 0) is 28.8 Å². The topological polar surface area (TPSA) is 35.0 Å². The van der Waals surface area contributed by atoms with Crippen LogP contribution in [0.1, 0.15) is 18.7 Å². The molecule has 0 amide bonds. The number of rotatable bonds is 5.